The van der Waals surface area contributed by atoms with Crippen molar-refractivity contribution in [3.63, 3.8) is 0 Å². The summed E-state index contributed by atoms with van der Waals surface area (Å²) in [6, 6.07) is 64.3. The number of nitrogens with zero attached hydrogens (tertiary/aromatic N) is 3. The zero-order valence-electron chi connectivity index (χ0n) is 30.6. The van der Waals surface area contributed by atoms with Crippen LogP contribution in [0.3, 0.4) is 0 Å². The molecule has 1 aliphatic heterocycles. The molecule has 1 atom stereocenters. The Labute approximate surface area is 331 Å². The molecule has 11 aromatic rings. The van der Waals surface area contributed by atoms with Gasteiger partial charge in [0.05, 0.1) is 11.0 Å². The van der Waals surface area contributed by atoms with E-state index in [9.17, 15) is 0 Å². The van der Waals surface area contributed by atoms with Crippen molar-refractivity contribution in [3.05, 3.63) is 199 Å². The van der Waals surface area contributed by atoms with Gasteiger partial charge >= 0.3 is 0 Å². The monoisotopic (exact) mass is 748 g/mol. The Kier molecular flexibility index (Phi) is 7.09. The minimum atomic E-state index is -0.387. The van der Waals surface area contributed by atoms with Crippen LogP contribution >= 0.6 is 11.3 Å². The van der Waals surface area contributed by atoms with Crippen molar-refractivity contribution < 1.29 is 4.42 Å². The zero-order chi connectivity index (χ0) is 37.5. The number of hydrogen-bond donors (Lipinski definition) is 1. The quantitative estimate of drug-likeness (QED) is 0.191. The van der Waals surface area contributed by atoms with Crippen LogP contribution in [0.25, 0.3) is 80.7 Å². The molecule has 1 unspecified atom stereocenters. The molecular weight excluding hydrogens is 717 g/mol. The van der Waals surface area contributed by atoms with Gasteiger partial charge in [0.25, 0.3) is 0 Å². The van der Waals surface area contributed by atoms with E-state index in [-0.39, 0.29) is 6.17 Å². The molecule has 268 valence electrons. The van der Waals surface area contributed by atoms with E-state index < -0.39 is 0 Å². The van der Waals surface area contributed by atoms with Gasteiger partial charge in [-0.2, -0.15) is 0 Å². The fourth-order valence-electron chi connectivity index (χ4n) is 8.76. The molecule has 0 spiro atoms. The first-order valence-electron chi connectivity index (χ1n) is 19.2. The van der Waals surface area contributed by atoms with Crippen molar-refractivity contribution in [2.75, 3.05) is 0 Å². The second kappa shape index (κ2) is 12.6. The van der Waals surface area contributed by atoms with Gasteiger partial charge in [-0.15, -0.1) is 11.3 Å². The average molecular weight is 749 g/mol. The number of nitrogens with one attached hydrogen (secondary N) is 1. The van der Waals surface area contributed by atoms with Crippen molar-refractivity contribution >= 4 is 86.9 Å². The second-order valence-corrected chi connectivity index (χ2v) is 15.6. The smallest absolute Gasteiger partial charge is 0.160 e. The standard InChI is InChI=1S/C51H32N4OS/c1-3-14-31(15-4-1)49-52-50(38-22-12-26-44-46(38)36-19-8-10-25-43(36)56-44)54-51(53-49)39-23-11-21-37-47-34(20-13-27-45(47)57-48(37)39)32-28-29-42-40(30-32)35-18-7-9-24-41(35)55(42)33-16-5-2-6-17-33/h1-30,50H,(H,52,53,54). The summed E-state index contributed by atoms with van der Waals surface area (Å²) >= 11 is 1.81. The zero-order valence-corrected chi connectivity index (χ0v) is 31.4. The normalized spacial score (nSPS) is 14.5. The van der Waals surface area contributed by atoms with Crippen LogP contribution < -0.4 is 5.32 Å². The summed E-state index contributed by atoms with van der Waals surface area (Å²) < 4.78 is 11.1. The number of para-hydroxylation sites is 3. The van der Waals surface area contributed by atoms with E-state index in [2.05, 4.69) is 168 Å². The van der Waals surface area contributed by atoms with Gasteiger partial charge in [0, 0.05) is 64.1 Å². The molecule has 0 saturated carbocycles. The molecule has 4 heterocycles. The van der Waals surface area contributed by atoms with E-state index in [0.29, 0.717) is 5.84 Å². The molecule has 0 fully saturated rings. The van der Waals surface area contributed by atoms with Crippen molar-refractivity contribution in [1.29, 1.82) is 0 Å². The van der Waals surface area contributed by atoms with E-state index >= 15 is 0 Å². The summed E-state index contributed by atoms with van der Waals surface area (Å²) in [5.41, 5.74) is 10.7. The van der Waals surface area contributed by atoms with Crippen LogP contribution in [0, 0.1) is 0 Å². The topological polar surface area (TPSA) is 54.8 Å². The lowest BCUT2D eigenvalue weighted by atomic mass is 9.97. The molecule has 0 amide bonds. The summed E-state index contributed by atoms with van der Waals surface area (Å²) in [4.78, 5) is 10.7. The van der Waals surface area contributed by atoms with Crippen LogP contribution in [0.2, 0.25) is 0 Å². The first-order chi connectivity index (χ1) is 28.3. The highest BCUT2D eigenvalue weighted by Gasteiger charge is 2.26. The first kappa shape index (κ1) is 32.0. The predicted octanol–water partition coefficient (Wildman–Crippen LogP) is 13.2. The number of amidine groups is 2. The fourth-order valence-corrected chi connectivity index (χ4v) is 10.00. The molecule has 12 rings (SSSR count). The molecule has 6 heteroatoms. The third kappa shape index (κ3) is 5.01. The lowest BCUT2D eigenvalue weighted by molar-refractivity contribution is 0.662. The number of benzene rings is 8. The predicted molar refractivity (Wildman–Crippen MR) is 238 cm³/mol. The number of aliphatic imine (C=N–C) groups is 2. The fraction of sp³-hybridized carbons (Fsp3) is 0.0196. The molecule has 1 N–H and O–H groups in total. The van der Waals surface area contributed by atoms with Gasteiger partial charge in [-0.1, -0.05) is 127 Å². The SMILES string of the molecule is c1ccc(C2=NC(c3cccc4c3sc3cccc(-c5ccc6c(c5)c5ccccc5n6-c5ccccc5)c34)=NC(c3cccc4oc5ccccc5c34)N2)cc1. The average Bonchev–Trinajstić information content (AvgIpc) is 3.96. The molecule has 57 heavy (non-hydrogen) atoms. The van der Waals surface area contributed by atoms with Crippen LogP contribution in [0.15, 0.2) is 196 Å². The largest absolute Gasteiger partial charge is 0.456 e. The van der Waals surface area contributed by atoms with Crippen molar-refractivity contribution in [2.45, 2.75) is 6.17 Å². The van der Waals surface area contributed by atoms with E-state index in [1.807, 2.05) is 35.6 Å². The van der Waals surface area contributed by atoms with E-state index in [0.717, 1.165) is 50.2 Å². The van der Waals surface area contributed by atoms with Crippen molar-refractivity contribution in [2.24, 2.45) is 9.98 Å². The molecule has 8 aromatic carbocycles. The Balaban J connectivity index is 1.04. The highest BCUT2D eigenvalue weighted by molar-refractivity contribution is 7.26. The highest BCUT2D eigenvalue weighted by Crippen LogP contribution is 2.44. The van der Waals surface area contributed by atoms with Crippen LogP contribution in [0.5, 0.6) is 0 Å². The Bertz CT molecular complexity index is 3450. The molecule has 5 nitrogen and oxygen atoms in total. The number of furan rings is 1. The summed E-state index contributed by atoms with van der Waals surface area (Å²) in [5, 5.41) is 10.8. The van der Waals surface area contributed by atoms with Crippen molar-refractivity contribution in [3.8, 4) is 16.8 Å². The Morgan fingerprint density at radius 1 is 0.526 bits per heavy atom. The van der Waals surface area contributed by atoms with E-state index in [1.165, 1.54) is 53.1 Å². The lowest BCUT2D eigenvalue weighted by Gasteiger charge is -2.24. The number of aromatic nitrogens is 1. The summed E-state index contributed by atoms with van der Waals surface area (Å²) in [5.74, 6) is 1.49. The van der Waals surface area contributed by atoms with Gasteiger partial charge in [-0.3, -0.25) is 0 Å². The summed E-state index contributed by atoms with van der Waals surface area (Å²) in [6.07, 6.45) is -0.387. The van der Waals surface area contributed by atoms with Gasteiger partial charge in [-0.05, 0) is 65.7 Å². The van der Waals surface area contributed by atoms with Gasteiger partial charge < -0.3 is 14.3 Å². The third-order valence-corrected chi connectivity index (χ3v) is 12.5. The minimum Gasteiger partial charge on any atom is -0.456 e. The molecule has 0 saturated heterocycles. The molecule has 0 aliphatic carbocycles. The summed E-state index contributed by atoms with van der Waals surface area (Å²) in [6.45, 7) is 0. The maximum atomic E-state index is 6.31. The number of fused-ring (bicyclic) bond motifs is 9. The Morgan fingerprint density at radius 3 is 2.12 bits per heavy atom. The van der Waals surface area contributed by atoms with Gasteiger partial charge in [-0.25, -0.2) is 9.98 Å². The lowest BCUT2D eigenvalue weighted by Crippen LogP contribution is -2.33. The van der Waals surface area contributed by atoms with Crippen molar-refractivity contribution in [1.82, 2.24) is 9.88 Å². The molecule has 0 radical (unpaired) electrons. The van der Waals surface area contributed by atoms with Crippen LogP contribution in [-0.2, 0) is 0 Å². The maximum absolute atomic E-state index is 6.31. The number of hydrogen-bond acceptors (Lipinski definition) is 5. The Hall–Kier alpha value is -7.28. The minimum absolute atomic E-state index is 0.387. The van der Waals surface area contributed by atoms with Gasteiger partial charge in [0.15, 0.2) is 5.84 Å². The molecular formula is C51H32N4OS. The van der Waals surface area contributed by atoms with E-state index in [1.54, 1.807) is 0 Å². The Morgan fingerprint density at radius 2 is 1.23 bits per heavy atom. The van der Waals surface area contributed by atoms with Gasteiger partial charge in [0.2, 0.25) is 0 Å². The third-order valence-electron chi connectivity index (χ3n) is 11.3. The second-order valence-electron chi connectivity index (χ2n) is 14.5. The van der Waals surface area contributed by atoms with Crippen LogP contribution in [-0.4, -0.2) is 16.2 Å². The van der Waals surface area contributed by atoms with Gasteiger partial charge in [0.1, 0.15) is 23.2 Å². The summed E-state index contributed by atoms with van der Waals surface area (Å²) in [7, 11) is 0. The molecule has 0 bridgehead atoms. The molecule has 1 aliphatic rings. The van der Waals surface area contributed by atoms with Crippen LogP contribution in [0.4, 0.5) is 0 Å². The highest BCUT2D eigenvalue weighted by atomic mass is 32.1. The number of rotatable bonds is 5. The first-order valence-corrected chi connectivity index (χ1v) is 20.0. The molecule has 3 aromatic heterocycles. The van der Waals surface area contributed by atoms with E-state index in [4.69, 9.17) is 14.4 Å². The van der Waals surface area contributed by atoms with Crippen LogP contribution in [0.1, 0.15) is 22.9 Å². The maximum Gasteiger partial charge on any atom is 0.160 e. The number of thiophene rings is 1.